The Morgan fingerprint density at radius 3 is 2.57 bits per heavy atom. The zero-order valence-electron chi connectivity index (χ0n) is 12.0. The Bertz CT molecular complexity index is 693. The lowest BCUT2D eigenvalue weighted by Gasteiger charge is -2.12. The van der Waals surface area contributed by atoms with E-state index in [1.807, 2.05) is 6.92 Å². The smallest absolute Gasteiger partial charge is 0.216 e. The van der Waals surface area contributed by atoms with Crippen LogP contribution in [-0.2, 0) is 22.2 Å². The van der Waals surface area contributed by atoms with E-state index in [9.17, 15) is 8.42 Å². The molecule has 0 aliphatic carbocycles. The van der Waals surface area contributed by atoms with Crippen molar-refractivity contribution in [2.75, 3.05) is 5.73 Å². The quantitative estimate of drug-likeness (QED) is 0.799. The number of hydrogen-bond donors (Lipinski definition) is 2. The third kappa shape index (κ3) is 4.52. The van der Waals surface area contributed by atoms with Gasteiger partial charge in [0.2, 0.25) is 10.0 Å². The van der Waals surface area contributed by atoms with Gasteiger partial charge in [0, 0.05) is 16.8 Å². The summed E-state index contributed by atoms with van der Waals surface area (Å²) in [5.74, 6) is -0.0658. The first-order chi connectivity index (χ1) is 9.89. The summed E-state index contributed by atoms with van der Waals surface area (Å²) in [5.41, 5.74) is 6.91. The number of anilines is 1. The first-order valence-electron chi connectivity index (χ1n) is 6.68. The highest BCUT2D eigenvalue weighted by atomic mass is 32.2. The second-order valence-electron chi connectivity index (χ2n) is 4.86. The molecule has 5 nitrogen and oxygen atoms in total. The van der Waals surface area contributed by atoms with E-state index in [2.05, 4.69) is 9.71 Å². The van der Waals surface area contributed by atoms with Crippen LogP contribution in [0.2, 0.25) is 0 Å². The van der Waals surface area contributed by atoms with Crippen molar-refractivity contribution < 1.29 is 8.42 Å². The topological polar surface area (TPSA) is 85.1 Å². The van der Waals surface area contributed by atoms with Gasteiger partial charge in [0.25, 0.3) is 0 Å². The van der Waals surface area contributed by atoms with Crippen molar-refractivity contribution in [2.24, 2.45) is 0 Å². The van der Waals surface area contributed by atoms with Crippen molar-refractivity contribution in [1.82, 2.24) is 9.71 Å². The van der Waals surface area contributed by atoms with Crippen LogP contribution >= 0.6 is 11.3 Å². The summed E-state index contributed by atoms with van der Waals surface area (Å²) < 4.78 is 27.0. The van der Waals surface area contributed by atoms with Crippen LogP contribution in [0, 0.1) is 0 Å². The fourth-order valence-electron chi connectivity index (χ4n) is 1.88. The molecule has 1 atom stereocenters. The average molecular weight is 325 g/mol. The first-order valence-corrected chi connectivity index (χ1v) is 9.15. The van der Waals surface area contributed by atoms with Gasteiger partial charge in [-0.3, -0.25) is 0 Å². The van der Waals surface area contributed by atoms with Crippen LogP contribution in [0.3, 0.4) is 0 Å². The molecule has 2 rings (SSSR count). The summed E-state index contributed by atoms with van der Waals surface area (Å²) >= 11 is 1.54. The van der Waals surface area contributed by atoms with Crippen molar-refractivity contribution in [3.05, 3.63) is 45.9 Å². The SMILES string of the molecule is CCc1cnc(C(C)NS(=O)(=O)Cc2ccc(N)cc2)s1. The number of hydrogen-bond acceptors (Lipinski definition) is 5. The van der Waals surface area contributed by atoms with Crippen LogP contribution in [0.5, 0.6) is 0 Å². The third-order valence-corrected chi connectivity index (χ3v) is 5.73. The largest absolute Gasteiger partial charge is 0.399 e. The molecule has 2 aromatic rings. The number of benzene rings is 1. The number of sulfonamides is 1. The van der Waals surface area contributed by atoms with E-state index in [0.29, 0.717) is 11.3 Å². The predicted octanol–water partition coefficient (Wildman–Crippen LogP) is 2.47. The third-order valence-electron chi connectivity index (χ3n) is 2.98. The van der Waals surface area contributed by atoms with Gasteiger partial charge >= 0.3 is 0 Å². The highest BCUT2D eigenvalue weighted by Crippen LogP contribution is 2.21. The van der Waals surface area contributed by atoms with Gasteiger partial charge < -0.3 is 5.73 Å². The summed E-state index contributed by atoms with van der Waals surface area (Å²) in [6, 6.07) is 6.51. The lowest BCUT2D eigenvalue weighted by atomic mass is 10.2. The highest BCUT2D eigenvalue weighted by molar-refractivity contribution is 7.88. The minimum Gasteiger partial charge on any atom is -0.399 e. The summed E-state index contributed by atoms with van der Waals surface area (Å²) in [6.07, 6.45) is 2.70. The monoisotopic (exact) mass is 325 g/mol. The molecular weight excluding hydrogens is 306 g/mol. The van der Waals surface area contributed by atoms with E-state index in [1.165, 1.54) is 11.3 Å². The number of thiazole rings is 1. The number of nitrogens with zero attached hydrogens (tertiary/aromatic N) is 1. The Morgan fingerprint density at radius 2 is 2.00 bits per heavy atom. The van der Waals surface area contributed by atoms with E-state index in [4.69, 9.17) is 5.73 Å². The van der Waals surface area contributed by atoms with E-state index in [0.717, 1.165) is 16.3 Å². The van der Waals surface area contributed by atoms with Gasteiger partial charge in [0.1, 0.15) is 5.01 Å². The average Bonchev–Trinajstić information content (AvgIpc) is 2.89. The zero-order chi connectivity index (χ0) is 15.5. The predicted molar refractivity (Wildman–Crippen MR) is 86.5 cm³/mol. The van der Waals surface area contributed by atoms with Crippen LogP contribution in [0.25, 0.3) is 0 Å². The molecule has 3 N–H and O–H groups in total. The molecule has 0 saturated carbocycles. The molecule has 0 radical (unpaired) electrons. The maximum atomic E-state index is 12.2. The minimum absolute atomic E-state index is 0.0658. The molecule has 1 aromatic carbocycles. The van der Waals surface area contributed by atoms with Gasteiger partial charge in [-0.2, -0.15) is 0 Å². The molecule has 0 amide bonds. The van der Waals surface area contributed by atoms with Crippen molar-refractivity contribution in [1.29, 1.82) is 0 Å². The molecule has 0 saturated heterocycles. The van der Waals surface area contributed by atoms with Gasteiger partial charge in [0.05, 0.1) is 11.8 Å². The van der Waals surface area contributed by atoms with E-state index >= 15 is 0 Å². The number of aryl methyl sites for hydroxylation is 1. The zero-order valence-corrected chi connectivity index (χ0v) is 13.7. The van der Waals surface area contributed by atoms with Crippen LogP contribution in [0.4, 0.5) is 5.69 Å². The molecule has 1 aromatic heterocycles. The molecule has 0 bridgehead atoms. The van der Waals surface area contributed by atoms with E-state index in [-0.39, 0.29) is 11.8 Å². The Labute approximate surface area is 129 Å². The number of aromatic nitrogens is 1. The number of rotatable bonds is 6. The van der Waals surface area contributed by atoms with E-state index < -0.39 is 10.0 Å². The Morgan fingerprint density at radius 1 is 1.33 bits per heavy atom. The van der Waals surface area contributed by atoms with Crippen molar-refractivity contribution >= 4 is 27.0 Å². The molecule has 0 spiro atoms. The molecule has 114 valence electrons. The van der Waals surface area contributed by atoms with Crippen LogP contribution in [0.1, 0.15) is 35.3 Å². The highest BCUT2D eigenvalue weighted by Gasteiger charge is 2.18. The molecule has 7 heteroatoms. The molecule has 1 heterocycles. The van der Waals surface area contributed by atoms with Gasteiger partial charge in [-0.05, 0) is 31.0 Å². The Balaban J connectivity index is 2.04. The van der Waals surface area contributed by atoms with Crippen LogP contribution in [-0.4, -0.2) is 13.4 Å². The van der Waals surface area contributed by atoms with Crippen molar-refractivity contribution in [2.45, 2.75) is 32.1 Å². The molecule has 0 aliphatic rings. The summed E-state index contributed by atoms with van der Waals surface area (Å²) in [7, 11) is -3.42. The maximum absolute atomic E-state index is 12.2. The molecule has 21 heavy (non-hydrogen) atoms. The molecule has 0 fully saturated rings. The minimum atomic E-state index is -3.42. The second kappa shape index (κ2) is 6.55. The number of nitrogens with two attached hydrogens (primary N) is 1. The second-order valence-corrected chi connectivity index (χ2v) is 7.76. The van der Waals surface area contributed by atoms with Gasteiger partial charge in [-0.25, -0.2) is 18.1 Å². The van der Waals surface area contributed by atoms with Gasteiger partial charge in [-0.15, -0.1) is 11.3 Å². The lowest BCUT2D eigenvalue weighted by Crippen LogP contribution is -2.28. The van der Waals surface area contributed by atoms with Crippen LogP contribution < -0.4 is 10.5 Å². The normalized spacial score (nSPS) is 13.2. The standard InChI is InChI=1S/C14H19N3O2S2/c1-3-13-8-16-14(20-13)10(2)17-21(18,19)9-11-4-6-12(15)7-5-11/h4-8,10,17H,3,9,15H2,1-2H3. The molecular formula is C14H19N3O2S2. The molecule has 0 aliphatic heterocycles. The Kier molecular flexibility index (Phi) is 4.97. The summed E-state index contributed by atoms with van der Waals surface area (Å²) in [4.78, 5) is 5.41. The fraction of sp³-hybridized carbons (Fsp3) is 0.357. The van der Waals surface area contributed by atoms with E-state index in [1.54, 1.807) is 37.4 Å². The summed E-state index contributed by atoms with van der Waals surface area (Å²) in [6.45, 7) is 3.85. The lowest BCUT2D eigenvalue weighted by molar-refractivity contribution is 0.565. The van der Waals surface area contributed by atoms with Crippen molar-refractivity contribution in [3.63, 3.8) is 0 Å². The molecule has 1 unspecified atom stereocenters. The van der Waals surface area contributed by atoms with Crippen molar-refractivity contribution in [3.8, 4) is 0 Å². The fourth-order valence-corrected chi connectivity index (χ4v) is 4.18. The van der Waals surface area contributed by atoms with Crippen LogP contribution in [0.15, 0.2) is 30.5 Å². The number of nitrogens with one attached hydrogen (secondary N) is 1. The Hall–Kier alpha value is -1.44. The maximum Gasteiger partial charge on any atom is 0.216 e. The first kappa shape index (κ1) is 15.9. The summed E-state index contributed by atoms with van der Waals surface area (Å²) in [5, 5.41) is 0.785. The van der Waals surface area contributed by atoms with Gasteiger partial charge in [0.15, 0.2) is 0 Å². The van der Waals surface area contributed by atoms with Gasteiger partial charge in [-0.1, -0.05) is 19.1 Å². The number of nitrogen functional groups attached to an aromatic ring is 1.